The number of benzene rings is 2. The molecule has 0 saturated carbocycles. The molecule has 0 unspecified atom stereocenters. The van der Waals surface area contributed by atoms with Crippen LogP contribution in [0.5, 0.6) is 5.75 Å². The first-order valence-corrected chi connectivity index (χ1v) is 9.54. The van der Waals surface area contributed by atoms with E-state index in [1.807, 2.05) is 6.20 Å². The van der Waals surface area contributed by atoms with Crippen molar-refractivity contribution in [1.82, 2.24) is 4.98 Å². The normalized spacial score (nSPS) is 10.7. The lowest BCUT2D eigenvalue weighted by atomic mass is 10.0. The zero-order chi connectivity index (χ0) is 18.2. The summed E-state index contributed by atoms with van der Waals surface area (Å²) in [5, 5.41) is 0. The molecular formula is C24H27NO. The van der Waals surface area contributed by atoms with Gasteiger partial charge in [0.25, 0.3) is 0 Å². The monoisotopic (exact) mass is 345 g/mol. The van der Waals surface area contributed by atoms with Crippen LogP contribution < -0.4 is 4.74 Å². The second-order valence-electron chi connectivity index (χ2n) is 6.59. The first-order chi connectivity index (χ1) is 12.8. The first kappa shape index (κ1) is 18.2. The first-order valence-electron chi connectivity index (χ1n) is 9.54. The van der Waals surface area contributed by atoms with Gasteiger partial charge in [-0.1, -0.05) is 56.3 Å². The molecule has 2 heteroatoms. The summed E-state index contributed by atoms with van der Waals surface area (Å²) >= 11 is 0. The van der Waals surface area contributed by atoms with Crippen molar-refractivity contribution in [3.05, 3.63) is 83.6 Å². The Morgan fingerprint density at radius 2 is 1.38 bits per heavy atom. The van der Waals surface area contributed by atoms with Gasteiger partial charge in [0.05, 0.1) is 12.3 Å². The molecule has 3 aromatic rings. The molecule has 0 atom stereocenters. The minimum atomic E-state index is 0.776. The Morgan fingerprint density at radius 3 is 2.00 bits per heavy atom. The van der Waals surface area contributed by atoms with Gasteiger partial charge >= 0.3 is 0 Å². The zero-order valence-corrected chi connectivity index (χ0v) is 15.7. The molecule has 0 saturated heterocycles. The van der Waals surface area contributed by atoms with Gasteiger partial charge in [-0.05, 0) is 60.6 Å². The van der Waals surface area contributed by atoms with Crippen LogP contribution in [0.2, 0.25) is 0 Å². The molecule has 1 heterocycles. The van der Waals surface area contributed by atoms with E-state index in [9.17, 15) is 0 Å². The highest BCUT2D eigenvalue weighted by molar-refractivity contribution is 5.59. The van der Waals surface area contributed by atoms with Crippen molar-refractivity contribution >= 4 is 0 Å². The Labute approximate surface area is 156 Å². The summed E-state index contributed by atoms with van der Waals surface area (Å²) in [6, 6.07) is 21.4. The summed E-state index contributed by atoms with van der Waals surface area (Å²) in [6.45, 7) is 5.07. The van der Waals surface area contributed by atoms with Crippen LogP contribution in [0.15, 0.2) is 66.9 Å². The van der Waals surface area contributed by atoms with Gasteiger partial charge < -0.3 is 4.74 Å². The third-order valence-electron chi connectivity index (χ3n) is 4.58. The average molecular weight is 345 g/mol. The van der Waals surface area contributed by atoms with Crippen LogP contribution in [0.1, 0.15) is 37.0 Å². The van der Waals surface area contributed by atoms with Crippen LogP contribution in [-0.2, 0) is 19.3 Å². The summed E-state index contributed by atoms with van der Waals surface area (Å²) in [5.41, 5.74) is 6.17. The number of hydrogen-bond donors (Lipinski definition) is 0. The fourth-order valence-corrected chi connectivity index (χ4v) is 2.92. The largest absolute Gasteiger partial charge is 0.494 e. The molecule has 134 valence electrons. The summed E-state index contributed by atoms with van der Waals surface area (Å²) in [7, 11) is 0. The third kappa shape index (κ3) is 4.95. The highest BCUT2D eigenvalue weighted by atomic mass is 16.5. The standard InChI is InChI=1S/C24H27NO/c1-3-17-26-23-14-9-20(10-15-23)5-6-21-11-16-24(25-18-21)22-12-7-19(4-2)8-13-22/h7-16,18H,3-6,17H2,1-2H3. The predicted octanol–water partition coefficient (Wildman–Crippen LogP) is 5.89. The Bertz CT molecular complexity index is 789. The summed E-state index contributed by atoms with van der Waals surface area (Å²) in [4.78, 5) is 4.64. The molecule has 0 N–H and O–H groups in total. The topological polar surface area (TPSA) is 22.1 Å². The van der Waals surface area contributed by atoms with E-state index in [2.05, 4.69) is 79.5 Å². The Morgan fingerprint density at radius 1 is 0.731 bits per heavy atom. The highest BCUT2D eigenvalue weighted by Gasteiger charge is 2.02. The summed E-state index contributed by atoms with van der Waals surface area (Å²) < 4.78 is 5.63. The van der Waals surface area contributed by atoms with E-state index in [0.29, 0.717) is 0 Å². The Hall–Kier alpha value is -2.61. The Balaban J connectivity index is 1.57. The molecular weight excluding hydrogens is 318 g/mol. The number of aromatic nitrogens is 1. The van der Waals surface area contributed by atoms with Gasteiger partial charge in [-0.25, -0.2) is 0 Å². The van der Waals surface area contributed by atoms with E-state index in [1.165, 1.54) is 22.3 Å². The third-order valence-corrected chi connectivity index (χ3v) is 4.58. The van der Waals surface area contributed by atoms with Crippen molar-refractivity contribution in [3.63, 3.8) is 0 Å². The van der Waals surface area contributed by atoms with Crippen molar-refractivity contribution in [2.24, 2.45) is 0 Å². The maximum Gasteiger partial charge on any atom is 0.119 e. The van der Waals surface area contributed by atoms with Crippen molar-refractivity contribution in [2.75, 3.05) is 6.61 Å². The number of aryl methyl sites for hydroxylation is 3. The smallest absolute Gasteiger partial charge is 0.119 e. The lowest BCUT2D eigenvalue weighted by molar-refractivity contribution is 0.317. The minimum Gasteiger partial charge on any atom is -0.494 e. The highest BCUT2D eigenvalue weighted by Crippen LogP contribution is 2.19. The van der Waals surface area contributed by atoms with E-state index in [-0.39, 0.29) is 0 Å². The van der Waals surface area contributed by atoms with E-state index in [0.717, 1.165) is 43.7 Å². The molecule has 26 heavy (non-hydrogen) atoms. The number of pyridine rings is 1. The summed E-state index contributed by atoms with van der Waals surface area (Å²) in [6.07, 6.45) is 6.12. The van der Waals surface area contributed by atoms with Gasteiger partial charge in [0.15, 0.2) is 0 Å². The fraction of sp³-hybridized carbons (Fsp3) is 0.292. The second-order valence-corrected chi connectivity index (χ2v) is 6.59. The molecule has 0 bridgehead atoms. The second kappa shape index (κ2) is 9.19. The van der Waals surface area contributed by atoms with Crippen LogP contribution in [0.3, 0.4) is 0 Å². The van der Waals surface area contributed by atoms with Crippen molar-refractivity contribution in [2.45, 2.75) is 39.5 Å². The van der Waals surface area contributed by atoms with Gasteiger partial charge in [-0.2, -0.15) is 0 Å². The molecule has 0 radical (unpaired) electrons. The molecule has 0 amide bonds. The molecule has 2 aromatic carbocycles. The zero-order valence-electron chi connectivity index (χ0n) is 15.7. The lowest BCUT2D eigenvalue weighted by Crippen LogP contribution is -1.96. The van der Waals surface area contributed by atoms with Crippen molar-refractivity contribution < 1.29 is 4.74 Å². The number of hydrogen-bond acceptors (Lipinski definition) is 2. The van der Waals surface area contributed by atoms with Gasteiger partial charge in [-0.3, -0.25) is 4.98 Å². The van der Waals surface area contributed by atoms with Crippen LogP contribution in [0.25, 0.3) is 11.3 Å². The van der Waals surface area contributed by atoms with E-state index < -0.39 is 0 Å². The van der Waals surface area contributed by atoms with Gasteiger partial charge in [0.1, 0.15) is 5.75 Å². The van der Waals surface area contributed by atoms with E-state index in [1.54, 1.807) is 0 Å². The van der Waals surface area contributed by atoms with Crippen molar-refractivity contribution in [1.29, 1.82) is 0 Å². The van der Waals surface area contributed by atoms with Crippen molar-refractivity contribution in [3.8, 4) is 17.0 Å². The van der Waals surface area contributed by atoms with E-state index >= 15 is 0 Å². The molecule has 3 rings (SSSR count). The SMILES string of the molecule is CCCOc1ccc(CCc2ccc(-c3ccc(CC)cc3)nc2)cc1. The fourth-order valence-electron chi connectivity index (χ4n) is 2.92. The lowest BCUT2D eigenvalue weighted by Gasteiger charge is -2.07. The van der Waals surface area contributed by atoms with Crippen LogP contribution >= 0.6 is 0 Å². The van der Waals surface area contributed by atoms with Crippen LogP contribution in [0.4, 0.5) is 0 Å². The number of ether oxygens (including phenoxy) is 1. The molecule has 0 aliphatic rings. The van der Waals surface area contributed by atoms with Crippen LogP contribution in [-0.4, -0.2) is 11.6 Å². The quantitative estimate of drug-likeness (QED) is 0.508. The molecule has 0 aliphatic heterocycles. The van der Waals surface area contributed by atoms with Gasteiger partial charge in [0, 0.05) is 11.8 Å². The minimum absolute atomic E-state index is 0.776. The van der Waals surface area contributed by atoms with Gasteiger partial charge in [0.2, 0.25) is 0 Å². The maximum absolute atomic E-state index is 5.63. The number of rotatable bonds is 8. The number of nitrogens with zero attached hydrogens (tertiary/aromatic N) is 1. The molecule has 0 aliphatic carbocycles. The average Bonchev–Trinajstić information content (AvgIpc) is 2.72. The molecule has 0 fully saturated rings. The maximum atomic E-state index is 5.63. The summed E-state index contributed by atoms with van der Waals surface area (Å²) in [5.74, 6) is 0.954. The van der Waals surface area contributed by atoms with Crippen LogP contribution in [0, 0.1) is 0 Å². The predicted molar refractivity (Wildman–Crippen MR) is 109 cm³/mol. The Kier molecular flexibility index (Phi) is 6.43. The molecule has 0 spiro atoms. The molecule has 2 nitrogen and oxygen atoms in total. The van der Waals surface area contributed by atoms with Gasteiger partial charge in [-0.15, -0.1) is 0 Å². The van der Waals surface area contributed by atoms with E-state index in [4.69, 9.17) is 4.74 Å². The molecule has 1 aromatic heterocycles.